The zero-order valence-corrected chi connectivity index (χ0v) is 14.8. The first-order valence-electron chi connectivity index (χ1n) is 8.05. The molecular formula is C17H23ClN2O4. The van der Waals surface area contributed by atoms with E-state index in [1.54, 1.807) is 25.1 Å². The number of nitrogens with zero attached hydrogens (tertiary/aromatic N) is 1. The number of hydrogen-bond donors (Lipinski definition) is 1. The van der Waals surface area contributed by atoms with Crippen LogP contribution in [0.1, 0.15) is 19.8 Å². The third kappa shape index (κ3) is 5.11. The molecule has 1 aliphatic heterocycles. The highest BCUT2D eigenvalue weighted by atomic mass is 35.5. The second-order valence-electron chi connectivity index (χ2n) is 5.72. The standard InChI is InChI=1S/C17H23ClN2O4/c1-3-24-17(22)12-5-4-8-20(10-12)11-16(21)19-14-9-13(18)6-7-15(14)23-2/h6-7,9,12H,3-5,8,10-11H2,1-2H3,(H,19,21)/t12-/m0/s1. The zero-order chi connectivity index (χ0) is 17.5. The first kappa shape index (κ1) is 18.5. The number of methoxy groups -OCH3 is 1. The Balaban J connectivity index is 1.92. The average molecular weight is 355 g/mol. The molecule has 1 heterocycles. The smallest absolute Gasteiger partial charge is 0.310 e. The molecule has 1 N–H and O–H groups in total. The van der Waals surface area contributed by atoms with Crippen molar-refractivity contribution in [3.05, 3.63) is 23.2 Å². The molecule has 2 rings (SSSR count). The lowest BCUT2D eigenvalue weighted by Crippen LogP contribution is -2.43. The van der Waals surface area contributed by atoms with E-state index in [9.17, 15) is 9.59 Å². The van der Waals surface area contributed by atoms with Crippen LogP contribution in [0.25, 0.3) is 0 Å². The Kier molecular flexibility index (Phi) is 6.87. The van der Waals surface area contributed by atoms with Gasteiger partial charge in [-0.1, -0.05) is 11.6 Å². The summed E-state index contributed by atoms with van der Waals surface area (Å²) in [6.07, 6.45) is 1.68. The Morgan fingerprint density at radius 1 is 1.42 bits per heavy atom. The summed E-state index contributed by atoms with van der Waals surface area (Å²) in [6, 6.07) is 5.05. The fourth-order valence-electron chi connectivity index (χ4n) is 2.82. The Morgan fingerprint density at radius 2 is 2.21 bits per heavy atom. The minimum absolute atomic E-state index is 0.160. The third-order valence-electron chi connectivity index (χ3n) is 3.93. The molecule has 0 radical (unpaired) electrons. The maximum atomic E-state index is 12.3. The number of halogens is 1. The van der Waals surface area contributed by atoms with Crippen LogP contribution >= 0.6 is 11.6 Å². The SMILES string of the molecule is CCOC(=O)[C@H]1CCCN(CC(=O)Nc2cc(Cl)ccc2OC)C1. The number of rotatable bonds is 6. The van der Waals surface area contributed by atoms with Gasteiger partial charge in [-0.25, -0.2) is 0 Å². The summed E-state index contributed by atoms with van der Waals surface area (Å²) in [4.78, 5) is 26.1. The van der Waals surface area contributed by atoms with E-state index in [1.165, 1.54) is 7.11 Å². The van der Waals surface area contributed by atoms with Gasteiger partial charge in [0.15, 0.2) is 0 Å². The third-order valence-corrected chi connectivity index (χ3v) is 4.16. The number of piperidine rings is 1. The van der Waals surface area contributed by atoms with Crippen LogP contribution in [0.4, 0.5) is 5.69 Å². The first-order chi connectivity index (χ1) is 11.5. The first-order valence-corrected chi connectivity index (χ1v) is 8.43. The van der Waals surface area contributed by atoms with Gasteiger partial charge in [0.05, 0.1) is 31.9 Å². The van der Waals surface area contributed by atoms with Crippen LogP contribution in [0.3, 0.4) is 0 Å². The zero-order valence-electron chi connectivity index (χ0n) is 14.0. The largest absolute Gasteiger partial charge is 0.495 e. The van der Waals surface area contributed by atoms with E-state index < -0.39 is 0 Å². The van der Waals surface area contributed by atoms with E-state index in [1.807, 2.05) is 4.90 Å². The summed E-state index contributed by atoms with van der Waals surface area (Å²) in [5, 5.41) is 3.33. The number of hydrogen-bond acceptors (Lipinski definition) is 5. The molecule has 0 unspecified atom stereocenters. The molecule has 1 fully saturated rings. The molecule has 0 aliphatic carbocycles. The molecule has 0 saturated carbocycles. The molecule has 1 saturated heterocycles. The van der Waals surface area contributed by atoms with Crippen LogP contribution < -0.4 is 10.1 Å². The molecule has 1 aliphatic rings. The summed E-state index contributed by atoms with van der Waals surface area (Å²) in [5.41, 5.74) is 0.536. The minimum Gasteiger partial charge on any atom is -0.495 e. The van der Waals surface area contributed by atoms with Crippen molar-refractivity contribution < 1.29 is 19.1 Å². The average Bonchev–Trinajstić information content (AvgIpc) is 2.55. The molecule has 6 nitrogen and oxygen atoms in total. The molecule has 1 aromatic rings. The van der Waals surface area contributed by atoms with Crippen molar-refractivity contribution in [2.24, 2.45) is 5.92 Å². The van der Waals surface area contributed by atoms with E-state index >= 15 is 0 Å². The van der Waals surface area contributed by atoms with Crippen molar-refractivity contribution in [2.45, 2.75) is 19.8 Å². The Morgan fingerprint density at radius 3 is 2.92 bits per heavy atom. The maximum Gasteiger partial charge on any atom is 0.310 e. The number of esters is 1. The lowest BCUT2D eigenvalue weighted by Gasteiger charge is -2.30. The lowest BCUT2D eigenvalue weighted by molar-refractivity contribution is -0.150. The van der Waals surface area contributed by atoms with Gasteiger partial charge in [-0.15, -0.1) is 0 Å². The van der Waals surface area contributed by atoms with Crippen LogP contribution in [0.15, 0.2) is 18.2 Å². The van der Waals surface area contributed by atoms with Crippen molar-refractivity contribution in [1.82, 2.24) is 4.90 Å². The van der Waals surface area contributed by atoms with Gasteiger partial charge in [-0.05, 0) is 44.5 Å². The molecule has 0 bridgehead atoms. The summed E-state index contributed by atoms with van der Waals surface area (Å²) in [6.45, 7) is 3.72. The number of amides is 1. The summed E-state index contributed by atoms with van der Waals surface area (Å²) in [7, 11) is 1.54. The van der Waals surface area contributed by atoms with Gasteiger partial charge in [-0.3, -0.25) is 14.5 Å². The Labute approximate surface area is 147 Å². The van der Waals surface area contributed by atoms with Crippen LogP contribution in [0, 0.1) is 5.92 Å². The second kappa shape index (κ2) is 8.89. The number of carbonyl (C=O) groups excluding carboxylic acids is 2. The quantitative estimate of drug-likeness (QED) is 0.795. The predicted octanol–water partition coefficient (Wildman–Crippen LogP) is 2.56. The van der Waals surface area contributed by atoms with Gasteiger partial charge >= 0.3 is 5.97 Å². The van der Waals surface area contributed by atoms with E-state index in [0.717, 1.165) is 19.4 Å². The molecule has 1 atom stereocenters. The highest BCUT2D eigenvalue weighted by molar-refractivity contribution is 6.31. The van der Waals surface area contributed by atoms with Crippen LogP contribution in [0.5, 0.6) is 5.75 Å². The summed E-state index contributed by atoms with van der Waals surface area (Å²) < 4.78 is 10.3. The van der Waals surface area contributed by atoms with Crippen LogP contribution in [0.2, 0.25) is 5.02 Å². The molecule has 0 aromatic heterocycles. The molecule has 7 heteroatoms. The van der Waals surface area contributed by atoms with E-state index in [4.69, 9.17) is 21.1 Å². The highest BCUT2D eigenvalue weighted by Crippen LogP contribution is 2.27. The normalized spacial score (nSPS) is 18.0. The van der Waals surface area contributed by atoms with Crippen molar-refractivity contribution in [3.63, 3.8) is 0 Å². The lowest BCUT2D eigenvalue weighted by atomic mass is 9.98. The maximum absolute atomic E-state index is 12.3. The monoisotopic (exact) mass is 354 g/mol. The van der Waals surface area contributed by atoms with Crippen molar-refractivity contribution in [2.75, 3.05) is 38.7 Å². The van der Waals surface area contributed by atoms with E-state index in [2.05, 4.69) is 5.32 Å². The van der Waals surface area contributed by atoms with Gasteiger partial charge in [0.1, 0.15) is 5.75 Å². The van der Waals surface area contributed by atoms with Gasteiger partial charge in [0.2, 0.25) is 5.91 Å². The molecule has 1 amide bonds. The highest BCUT2D eigenvalue weighted by Gasteiger charge is 2.27. The van der Waals surface area contributed by atoms with Gasteiger partial charge < -0.3 is 14.8 Å². The molecule has 1 aromatic carbocycles. The number of nitrogens with one attached hydrogen (secondary N) is 1. The van der Waals surface area contributed by atoms with Gasteiger partial charge in [-0.2, -0.15) is 0 Å². The number of benzene rings is 1. The van der Waals surface area contributed by atoms with Crippen molar-refractivity contribution in [1.29, 1.82) is 0 Å². The number of anilines is 1. The molecule has 132 valence electrons. The molecule has 24 heavy (non-hydrogen) atoms. The molecular weight excluding hydrogens is 332 g/mol. The van der Waals surface area contributed by atoms with Crippen LogP contribution in [-0.2, 0) is 14.3 Å². The van der Waals surface area contributed by atoms with E-state index in [-0.39, 0.29) is 24.3 Å². The molecule has 0 spiro atoms. The van der Waals surface area contributed by atoms with Gasteiger partial charge in [0.25, 0.3) is 0 Å². The number of ether oxygens (including phenoxy) is 2. The summed E-state index contributed by atoms with van der Waals surface area (Å²) in [5.74, 6) is 0.0437. The fraction of sp³-hybridized carbons (Fsp3) is 0.529. The topological polar surface area (TPSA) is 67.9 Å². The van der Waals surface area contributed by atoms with Gasteiger partial charge in [0, 0.05) is 11.6 Å². The fourth-order valence-corrected chi connectivity index (χ4v) is 2.99. The van der Waals surface area contributed by atoms with Crippen molar-refractivity contribution >= 4 is 29.2 Å². The number of likely N-dealkylation sites (tertiary alicyclic amines) is 1. The Hall–Kier alpha value is -1.79. The van der Waals surface area contributed by atoms with Crippen molar-refractivity contribution in [3.8, 4) is 5.75 Å². The predicted molar refractivity (Wildman–Crippen MR) is 92.4 cm³/mol. The second-order valence-corrected chi connectivity index (χ2v) is 6.16. The minimum atomic E-state index is -0.181. The number of carbonyl (C=O) groups is 2. The summed E-state index contributed by atoms with van der Waals surface area (Å²) >= 11 is 5.96. The van der Waals surface area contributed by atoms with E-state index in [0.29, 0.717) is 29.6 Å². The Bertz CT molecular complexity index is 594. The van der Waals surface area contributed by atoms with Crippen LogP contribution in [-0.4, -0.2) is 50.1 Å².